The van der Waals surface area contributed by atoms with Gasteiger partial charge < -0.3 is 10.6 Å². The maximum Gasteiger partial charge on any atom is 0.223 e. The van der Waals surface area contributed by atoms with E-state index >= 15 is 0 Å². The van der Waals surface area contributed by atoms with Crippen LogP contribution in [0.1, 0.15) is 32.1 Å². The van der Waals surface area contributed by atoms with Gasteiger partial charge in [-0.3, -0.25) is 4.79 Å². The first-order valence-corrected chi connectivity index (χ1v) is 6.19. The van der Waals surface area contributed by atoms with Gasteiger partial charge in [-0.1, -0.05) is 6.42 Å². The number of hydrogen-bond donors (Lipinski definition) is 1. The first-order chi connectivity index (χ1) is 7.72. The second-order valence-corrected chi connectivity index (χ2v) is 5.02. The number of carbonyl (C=O) groups excluding carboxylic acids is 1. The van der Waals surface area contributed by atoms with E-state index in [-0.39, 0.29) is 5.91 Å². The van der Waals surface area contributed by atoms with Crippen LogP contribution in [-0.4, -0.2) is 29.9 Å². The van der Waals surface area contributed by atoms with Gasteiger partial charge >= 0.3 is 0 Å². The van der Waals surface area contributed by atoms with Crippen molar-refractivity contribution in [2.75, 3.05) is 13.1 Å². The second-order valence-electron chi connectivity index (χ2n) is 5.02. The average Bonchev–Trinajstić information content (AvgIpc) is 2.71. The van der Waals surface area contributed by atoms with Crippen molar-refractivity contribution >= 4 is 5.91 Å². The fraction of sp³-hybridized carbons (Fsp3) is 0.769. The van der Waals surface area contributed by atoms with Gasteiger partial charge in [0.2, 0.25) is 5.91 Å². The van der Waals surface area contributed by atoms with Crippen molar-refractivity contribution in [3.63, 3.8) is 0 Å². The normalized spacial score (nSPS) is 33.2. The van der Waals surface area contributed by atoms with Gasteiger partial charge in [0, 0.05) is 32.0 Å². The predicted molar refractivity (Wildman–Crippen MR) is 63.5 cm³/mol. The van der Waals surface area contributed by atoms with E-state index in [0.717, 1.165) is 19.5 Å². The van der Waals surface area contributed by atoms with Crippen LogP contribution in [0.2, 0.25) is 0 Å². The summed E-state index contributed by atoms with van der Waals surface area (Å²) in [5.74, 6) is 3.90. The Hall–Kier alpha value is -1.01. The fourth-order valence-electron chi connectivity index (χ4n) is 3.06. The number of hydrogen-bond acceptors (Lipinski definition) is 2. The number of nitrogens with zero attached hydrogens (tertiary/aromatic N) is 1. The minimum Gasteiger partial charge on any atom is -0.342 e. The molecule has 1 heterocycles. The van der Waals surface area contributed by atoms with E-state index in [2.05, 4.69) is 5.92 Å². The molecule has 3 heteroatoms. The molecule has 0 bridgehead atoms. The minimum absolute atomic E-state index is 0.208. The SMILES string of the molecule is C#CCCC(=O)N1CC2CCCC(N)C2C1. The highest BCUT2D eigenvalue weighted by Crippen LogP contribution is 2.35. The Kier molecular flexibility index (Phi) is 3.50. The van der Waals surface area contributed by atoms with Gasteiger partial charge in [-0.15, -0.1) is 12.3 Å². The lowest BCUT2D eigenvalue weighted by Crippen LogP contribution is -2.38. The molecule has 1 saturated carbocycles. The Morgan fingerprint density at radius 3 is 2.94 bits per heavy atom. The summed E-state index contributed by atoms with van der Waals surface area (Å²) in [6.45, 7) is 1.76. The molecule has 3 atom stereocenters. The minimum atomic E-state index is 0.208. The van der Waals surface area contributed by atoms with Crippen LogP contribution in [0.15, 0.2) is 0 Å². The quantitative estimate of drug-likeness (QED) is 0.705. The van der Waals surface area contributed by atoms with Crippen molar-refractivity contribution in [3.8, 4) is 12.3 Å². The summed E-state index contributed by atoms with van der Waals surface area (Å²) in [6.07, 6.45) is 9.79. The molecule has 0 radical (unpaired) electrons. The number of terminal acetylenes is 1. The lowest BCUT2D eigenvalue weighted by atomic mass is 9.78. The van der Waals surface area contributed by atoms with E-state index in [4.69, 9.17) is 12.2 Å². The van der Waals surface area contributed by atoms with Crippen LogP contribution in [-0.2, 0) is 4.79 Å². The fourth-order valence-corrected chi connectivity index (χ4v) is 3.06. The summed E-state index contributed by atoms with van der Waals surface area (Å²) >= 11 is 0. The zero-order valence-corrected chi connectivity index (χ0v) is 9.69. The van der Waals surface area contributed by atoms with E-state index in [1.165, 1.54) is 12.8 Å². The van der Waals surface area contributed by atoms with Crippen LogP contribution < -0.4 is 5.73 Å². The van der Waals surface area contributed by atoms with Crippen molar-refractivity contribution in [1.29, 1.82) is 0 Å². The van der Waals surface area contributed by atoms with E-state index in [0.29, 0.717) is 30.7 Å². The van der Waals surface area contributed by atoms with Crippen LogP contribution >= 0.6 is 0 Å². The average molecular weight is 220 g/mol. The number of amides is 1. The smallest absolute Gasteiger partial charge is 0.223 e. The molecule has 1 saturated heterocycles. The molecule has 2 N–H and O–H groups in total. The van der Waals surface area contributed by atoms with Gasteiger partial charge in [0.1, 0.15) is 0 Å². The van der Waals surface area contributed by atoms with Crippen molar-refractivity contribution in [2.45, 2.75) is 38.1 Å². The summed E-state index contributed by atoms with van der Waals surface area (Å²) in [5.41, 5.74) is 6.11. The molecular weight excluding hydrogens is 200 g/mol. The number of carbonyl (C=O) groups is 1. The van der Waals surface area contributed by atoms with E-state index < -0.39 is 0 Å². The molecule has 1 aliphatic carbocycles. The Bertz CT molecular complexity index is 308. The molecule has 0 spiro atoms. The third-order valence-electron chi connectivity index (χ3n) is 3.99. The highest BCUT2D eigenvalue weighted by atomic mass is 16.2. The zero-order valence-electron chi connectivity index (χ0n) is 9.69. The molecule has 2 fully saturated rings. The Balaban J connectivity index is 1.91. The van der Waals surface area contributed by atoms with Gasteiger partial charge in [-0.25, -0.2) is 0 Å². The highest BCUT2D eigenvalue weighted by molar-refractivity contribution is 5.76. The van der Waals surface area contributed by atoms with Crippen molar-refractivity contribution in [3.05, 3.63) is 0 Å². The summed E-state index contributed by atoms with van der Waals surface area (Å²) in [5, 5.41) is 0. The van der Waals surface area contributed by atoms with Crippen LogP contribution in [0, 0.1) is 24.2 Å². The monoisotopic (exact) mass is 220 g/mol. The highest BCUT2D eigenvalue weighted by Gasteiger charge is 2.39. The zero-order chi connectivity index (χ0) is 11.5. The number of likely N-dealkylation sites (tertiary alicyclic amines) is 1. The molecule has 16 heavy (non-hydrogen) atoms. The van der Waals surface area contributed by atoms with Crippen molar-refractivity contribution < 1.29 is 4.79 Å². The van der Waals surface area contributed by atoms with Gasteiger partial charge in [-0.05, 0) is 24.7 Å². The lowest BCUT2D eigenvalue weighted by molar-refractivity contribution is -0.130. The Morgan fingerprint density at radius 1 is 1.44 bits per heavy atom. The largest absolute Gasteiger partial charge is 0.342 e. The van der Waals surface area contributed by atoms with Crippen LogP contribution in [0.3, 0.4) is 0 Å². The molecule has 2 aliphatic rings. The van der Waals surface area contributed by atoms with Crippen molar-refractivity contribution in [1.82, 2.24) is 4.90 Å². The molecule has 3 unspecified atom stereocenters. The maximum atomic E-state index is 11.8. The predicted octanol–water partition coefficient (Wildman–Crippen LogP) is 0.986. The maximum absolute atomic E-state index is 11.8. The summed E-state index contributed by atoms with van der Waals surface area (Å²) in [4.78, 5) is 13.8. The second kappa shape index (κ2) is 4.88. The van der Waals surface area contributed by atoms with Crippen LogP contribution in [0.4, 0.5) is 0 Å². The van der Waals surface area contributed by atoms with Crippen LogP contribution in [0.25, 0.3) is 0 Å². The first-order valence-electron chi connectivity index (χ1n) is 6.19. The van der Waals surface area contributed by atoms with Crippen molar-refractivity contribution in [2.24, 2.45) is 17.6 Å². The molecule has 2 rings (SSSR count). The first kappa shape index (κ1) is 11.5. The molecule has 88 valence electrons. The standard InChI is InChI=1S/C13H20N2O/c1-2-3-7-13(16)15-8-10-5-4-6-12(14)11(10)9-15/h1,10-12H,3-9,14H2. The molecule has 3 nitrogen and oxygen atoms in total. The molecule has 0 aromatic carbocycles. The van der Waals surface area contributed by atoms with Gasteiger partial charge in [-0.2, -0.15) is 0 Å². The van der Waals surface area contributed by atoms with E-state index in [1.54, 1.807) is 0 Å². The van der Waals surface area contributed by atoms with Gasteiger partial charge in [0.25, 0.3) is 0 Å². The van der Waals surface area contributed by atoms with E-state index in [1.807, 2.05) is 4.90 Å². The number of fused-ring (bicyclic) bond motifs is 1. The lowest BCUT2D eigenvalue weighted by Gasteiger charge is -2.29. The molecule has 1 amide bonds. The van der Waals surface area contributed by atoms with E-state index in [9.17, 15) is 4.79 Å². The number of rotatable bonds is 2. The third-order valence-corrected chi connectivity index (χ3v) is 3.99. The number of nitrogens with two attached hydrogens (primary N) is 1. The third kappa shape index (κ3) is 2.22. The molecule has 1 aliphatic heterocycles. The Labute approximate surface area is 97.4 Å². The summed E-state index contributed by atoms with van der Waals surface area (Å²) in [6, 6.07) is 0.296. The topological polar surface area (TPSA) is 46.3 Å². The van der Waals surface area contributed by atoms with Gasteiger partial charge in [0.05, 0.1) is 0 Å². The molecule has 0 aromatic rings. The Morgan fingerprint density at radius 2 is 2.25 bits per heavy atom. The molecule has 0 aromatic heterocycles. The van der Waals surface area contributed by atoms with Crippen LogP contribution in [0.5, 0.6) is 0 Å². The molecular formula is C13H20N2O. The summed E-state index contributed by atoms with van der Waals surface area (Å²) in [7, 11) is 0. The van der Waals surface area contributed by atoms with Gasteiger partial charge in [0.15, 0.2) is 0 Å². The summed E-state index contributed by atoms with van der Waals surface area (Å²) < 4.78 is 0.